The molecule has 1 heterocycles. The fourth-order valence-electron chi connectivity index (χ4n) is 4.02. The van der Waals surface area contributed by atoms with Crippen molar-refractivity contribution >= 4 is 57.4 Å². The second-order valence-corrected chi connectivity index (χ2v) is 9.87. The number of nitrogens with one attached hydrogen (secondary N) is 1. The van der Waals surface area contributed by atoms with Crippen molar-refractivity contribution in [2.24, 2.45) is 0 Å². The molecule has 4 rings (SSSR count). The van der Waals surface area contributed by atoms with Crippen LogP contribution in [-0.2, 0) is 22.6 Å². The lowest BCUT2D eigenvalue weighted by molar-refractivity contribution is -0.131. The number of anilines is 1. The van der Waals surface area contributed by atoms with Crippen molar-refractivity contribution in [2.45, 2.75) is 25.4 Å². The van der Waals surface area contributed by atoms with Crippen LogP contribution in [0.25, 0.3) is 0 Å². The number of thiocarbonyl (C=S) groups is 1. The van der Waals surface area contributed by atoms with Gasteiger partial charge in [0.1, 0.15) is 11.8 Å². The molecule has 1 N–H and O–H groups in total. The number of benzene rings is 3. The molecule has 35 heavy (non-hydrogen) atoms. The summed E-state index contributed by atoms with van der Waals surface area (Å²) in [6.45, 7) is 0.913. The summed E-state index contributed by atoms with van der Waals surface area (Å²) in [4.78, 5) is 29.9. The van der Waals surface area contributed by atoms with Gasteiger partial charge in [0, 0.05) is 15.8 Å². The number of halogens is 1. The van der Waals surface area contributed by atoms with E-state index in [1.54, 1.807) is 12.0 Å². The molecule has 0 spiro atoms. The lowest BCUT2D eigenvalue weighted by atomic mass is 10.1. The minimum atomic E-state index is -0.645. The van der Waals surface area contributed by atoms with Gasteiger partial charge in [-0.25, -0.2) is 0 Å². The molecule has 8 heteroatoms. The van der Waals surface area contributed by atoms with E-state index < -0.39 is 6.04 Å². The van der Waals surface area contributed by atoms with Crippen molar-refractivity contribution in [3.63, 3.8) is 0 Å². The largest absolute Gasteiger partial charge is 0.497 e. The van der Waals surface area contributed by atoms with E-state index in [9.17, 15) is 9.59 Å². The van der Waals surface area contributed by atoms with E-state index in [-0.39, 0.29) is 18.2 Å². The first-order chi connectivity index (χ1) is 16.9. The number of methoxy groups -OCH3 is 1. The molecule has 1 aliphatic heterocycles. The van der Waals surface area contributed by atoms with Crippen molar-refractivity contribution in [1.82, 2.24) is 9.80 Å². The summed E-state index contributed by atoms with van der Waals surface area (Å²) in [7, 11) is 1.64. The van der Waals surface area contributed by atoms with Crippen LogP contribution in [0.5, 0.6) is 5.75 Å². The molecule has 3 aromatic rings. The molecule has 0 radical (unpaired) electrons. The maximum Gasteiger partial charge on any atom is 0.252 e. The normalized spacial score (nSPS) is 15.4. The van der Waals surface area contributed by atoms with Gasteiger partial charge in [0.15, 0.2) is 5.11 Å². The van der Waals surface area contributed by atoms with Crippen LogP contribution in [0, 0.1) is 3.57 Å². The van der Waals surface area contributed by atoms with Gasteiger partial charge in [-0.3, -0.25) is 14.5 Å². The number of nitrogens with zero attached hydrogens (tertiary/aromatic N) is 2. The predicted molar refractivity (Wildman–Crippen MR) is 149 cm³/mol. The fraction of sp³-hybridized carbons (Fsp3) is 0.222. The summed E-state index contributed by atoms with van der Waals surface area (Å²) in [6, 6.07) is 24.5. The van der Waals surface area contributed by atoms with Gasteiger partial charge in [-0.05, 0) is 88.8 Å². The van der Waals surface area contributed by atoms with Gasteiger partial charge >= 0.3 is 0 Å². The van der Waals surface area contributed by atoms with Crippen LogP contribution in [0.1, 0.15) is 17.5 Å². The van der Waals surface area contributed by atoms with Crippen LogP contribution in [0.3, 0.4) is 0 Å². The third-order valence-corrected chi connectivity index (χ3v) is 7.07. The third-order valence-electron chi connectivity index (χ3n) is 5.89. The molecule has 0 bridgehead atoms. The van der Waals surface area contributed by atoms with Gasteiger partial charge < -0.3 is 15.0 Å². The first-order valence-electron chi connectivity index (χ1n) is 11.3. The second-order valence-electron chi connectivity index (χ2n) is 8.26. The molecule has 2 amide bonds. The molecule has 0 aromatic heterocycles. The topological polar surface area (TPSA) is 61.9 Å². The predicted octanol–water partition coefficient (Wildman–Crippen LogP) is 4.87. The van der Waals surface area contributed by atoms with Gasteiger partial charge in [0.25, 0.3) is 5.91 Å². The Morgan fingerprint density at radius 3 is 2.34 bits per heavy atom. The van der Waals surface area contributed by atoms with Gasteiger partial charge in [0.2, 0.25) is 5.91 Å². The number of amides is 2. The average molecular weight is 599 g/mol. The highest BCUT2D eigenvalue weighted by molar-refractivity contribution is 14.1. The Hall–Kier alpha value is -2.98. The third kappa shape index (κ3) is 6.37. The quantitative estimate of drug-likeness (QED) is 0.281. The van der Waals surface area contributed by atoms with Crippen LogP contribution < -0.4 is 10.1 Å². The lowest BCUT2D eigenvalue weighted by Gasteiger charge is -2.24. The maximum absolute atomic E-state index is 13.5. The van der Waals surface area contributed by atoms with Crippen molar-refractivity contribution < 1.29 is 14.3 Å². The molecule has 6 nitrogen and oxygen atoms in total. The molecule has 0 saturated carbocycles. The zero-order valence-corrected chi connectivity index (χ0v) is 22.3. The van der Waals surface area contributed by atoms with Gasteiger partial charge in [-0.1, -0.05) is 42.5 Å². The molecule has 180 valence electrons. The Bertz CT molecular complexity index is 1190. The van der Waals surface area contributed by atoms with E-state index in [0.29, 0.717) is 30.3 Å². The van der Waals surface area contributed by atoms with Crippen molar-refractivity contribution in [3.8, 4) is 5.75 Å². The standard InChI is InChI=1S/C27H26IN3O3S/c1-34-23-13-7-19(8-14-23)15-16-30-24(17-25(32)29-22-11-9-21(28)10-12-22)26(33)31(27(30)35)18-20-5-3-2-4-6-20/h2-14,24H,15-18H2,1H3,(H,29,32). The van der Waals surface area contributed by atoms with Gasteiger partial charge in [-0.15, -0.1) is 0 Å². The summed E-state index contributed by atoms with van der Waals surface area (Å²) < 4.78 is 6.32. The molecule has 1 atom stereocenters. The monoisotopic (exact) mass is 599 g/mol. The number of rotatable bonds is 9. The van der Waals surface area contributed by atoms with Crippen LogP contribution in [-0.4, -0.2) is 46.4 Å². The number of hydrogen-bond acceptors (Lipinski definition) is 4. The van der Waals surface area contributed by atoms with Crippen LogP contribution in [0.4, 0.5) is 5.69 Å². The highest BCUT2D eigenvalue weighted by Crippen LogP contribution is 2.24. The zero-order valence-electron chi connectivity index (χ0n) is 19.3. The van der Waals surface area contributed by atoms with Crippen molar-refractivity contribution in [2.75, 3.05) is 19.0 Å². The molecule has 3 aromatic carbocycles. The molecular weight excluding hydrogens is 573 g/mol. The Morgan fingerprint density at radius 1 is 1.00 bits per heavy atom. The first kappa shape index (κ1) is 25.1. The summed E-state index contributed by atoms with van der Waals surface area (Å²) in [6.07, 6.45) is 0.713. The summed E-state index contributed by atoms with van der Waals surface area (Å²) in [5.74, 6) is 0.425. The zero-order chi connectivity index (χ0) is 24.8. The van der Waals surface area contributed by atoms with Crippen molar-refractivity contribution in [1.29, 1.82) is 0 Å². The Morgan fingerprint density at radius 2 is 1.69 bits per heavy atom. The number of ether oxygens (including phenoxy) is 1. The summed E-state index contributed by atoms with van der Waals surface area (Å²) >= 11 is 7.96. The van der Waals surface area contributed by atoms with E-state index in [4.69, 9.17) is 17.0 Å². The van der Waals surface area contributed by atoms with Crippen LogP contribution in [0.2, 0.25) is 0 Å². The van der Waals surface area contributed by atoms with E-state index in [2.05, 4.69) is 27.9 Å². The summed E-state index contributed by atoms with van der Waals surface area (Å²) in [5, 5.41) is 3.36. The molecular formula is C27H26IN3O3S. The number of carbonyl (C=O) groups is 2. The van der Waals surface area contributed by atoms with Crippen LogP contribution >= 0.6 is 34.8 Å². The highest BCUT2D eigenvalue weighted by atomic mass is 127. The Kier molecular flexibility index (Phi) is 8.35. The van der Waals surface area contributed by atoms with E-state index >= 15 is 0 Å². The van der Waals surface area contributed by atoms with Gasteiger partial charge in [-0.2, -0.15) is 0 Å². The highest BCUT2D eigenvalue weighted by Gasteiger charge is 2.43. The lowest BCUT2D eigenvalue weighted by Crippen LogP contribution is -2.39. The van der Waals surface area contributed by atoms with E-state index in [1.807, 2.05) is 83.8 Å². The van der Waals surface area contributed by atoms with Crippen LogP contribution in [0.15, 0.2) is 78.9 Å². The van der Waals surface area contributed by atoms with E-state index in [1.165, 1.54) is 0 Å². The Labute approximate surface area is 224 Å². The first-order valence-corrected chi connectivity index (χ1v) is 12.8. The van der Waals surface area contributed by atoms with Crippen molar-refractivity contribution in [3.05, 3.63) is 93.6 Å². The fourth-order valence-corrected chi connectivity index (χ4v) is 4.75. The second kappa shape index (κ2) is 11.6. The summed E-state index contributed by atoms with van der Waals surface area (Å²) in [5.41, 5.74) is 2.79. The Balaban J connectivity index is 1.50. The average Bonchev–Trinajstić information content (AvgIpc) is 3.08. The molecule has 1 saturated heterocycles. The maximum atomic E-state index is 13.5. The molecule has 1 unspecified atom stereocenters. The molecule has 1 fully saturated rings. The van der Waals surface area contributed by atoms with E-state index in [0.717, 1.165) is 20.4 Å². The number of hydrogen-bond donors (Lipinski definition) is 1. The minimum absolute atomic E-state index is 0.0266. The van der Waals surface area contributed by atoms with Gasteiger partial charge in [0.05, 0.1) is 20.1 Å². The number of carbonyl (C=O) groups excluding carboxylic acids is 2. The molecule has 1 aliphatic rings. The molecule has 0 aliphatic carbocycles. The SMILES string of the molecule is COc1ccc(CCN2C(=S)N(Cc3ccccc3)C(=O)C2CC(=O)Nc2ccc(I)cc2)cc1. The smallest absolute Gasteiger partial charge is 0.252 e. The minimum Gasteiger partial charge on any atom is -0.497 e.